The Hall–Kier alpha value is -1.20. The molecule has 1 aliphatic rings. The van der Waals surface area contributed by atoms with E-state index in [1.807, 2.05) is 20.9 Å². The first-order valence-corrected chi connectivity index (χ1v) is 7.76. The Kier molecular flexibility index (Phi) is 5.17. The third kappa shape index (κ3) is 3.71. The van der Waals surface area contributed by atoms with Gasteiger partial charge in [-0.25, -0.2) is 9.97 Å². The van der Waals surface area contributed by atoms with Crippen molar-refractivity contribution in [3.63, 3.8) is 0 Å². The molecule has 5 nitrogen and oxygen atoms in total. The maximum Gasteiger partial charge on any atom is 0.274 e. The van der Waals surface area contributed by atoms with Crippen LogP contribution in [0.15, 0.2) is 6.20 Å². The van der Waals surface area contributed by atoms with E-state index in [4.69, 9.17) is 11.6 Å². The van der Waals surface area contributed by atoms with Crippen molar-refractivity contribution in [2.24, 2.45) is 0 Å². The summed E-state index contributed by atoms with van der Waals surface area (Å²) in [6.45, 7) is 6.02. The zero-order valence-corrected chi connectivity index (χ0v) is 13.9. The summed E-state index contributed by atoms with van der Waals surface area (Å²) >= 11 is 6.12. The lowest BCUT2D eigenvalue weighted by Crippen LogP contribution is -2.44. The molecule has 0 bridgehead atoms. The molecule has 1 aliphatic heterocycles. The molecule has 0 radical (unpaired) electrons. The van der Waals surface area contributed by atoms with Crippen LogP contribution in [0.4, 0.5) is 0 Å². The molecule has 1 aromatic heterocycles. The lowest BCUT2D eigenvalue weighted by molar-refractivity contribution is 0.0653. The van der Waals surface area contributed by atoms with Gasteiger partial charge in [-0.2, -0.15) is 0 Å². The Morgan fingerprint density at radius 2 is 2.05 bits per heavy atom. The second-order valence-corrected chi connectivity index (χ2v) is 6.44. The molecule has 1 aromatic rings. The molecule has 0 atom stereocenters. The minimum atomic E-state index is -0.112. The first-order valence-electron chi connectivity index (χ1n) is 7.38. The van der Waals surface area contributed by atoms with Crippen molar-refractivity contribution in [1.29, 1.82) is 0 Å². The minimum Gasteiger partial charge on any atom is -0.337 e. The fraction of sp³-hybridized carbons (Fsp3) is 0.667. The van der Waals surface area contributed by atoms with Gasteiger partial charge in [0.15, 0.2) is 5.69 Å². The van der Waals surface area contributed by atoms with Crippen LogP contribution < -0.4 is 0 Å². The third-order valence-corrected chi connectivity index (χ3v) is 4.31. The average molecular weight is 311 g/mol. The third-order valence-electron chi connectivity index (χ3n) is 4.04. The smallest absolute Gasteiger partial charge is 0.274 e. The van der Waals surface area contributed by atoms with Crippen LogP contribution in [0.5, 0.6) is 0 Å². The van der Waals surface area contributed by atoms with Crippen molar-refractivity contribution in [3.05, 3.63) is 22.7 Å². The predicted molar refractivity (Wildman–Crippen MR) is 83.7 cm³/mol. The van der Waals surface area contributed by atoms with Crippen molar-refractivity contribution >= 4 is 17.5 Å². The number of nitrogens with zero attached hydrogens (tertiary/aromatic N) is 4. The lowest BCUT2D eigenvalue weighted by Gasteiger charge is -2.35. The van der Waals surface area contributed by atoms with Crippen LogP contribution in [0.3, 0.4) is 0 Å². The van der Waals surface area contributed by atoms with E-state index in [1.165, 1.54) is 6.20 Å². The Labute approximate surface area is 131 Å². The molecule has 0 spiro atoms. The summed E-state index contributed by atoms with van der Waals surface area (Å²) in [7, 11) is 3.94. The van der Waals surface area contributed by atoms with Crippen molar-refractivity contribution < 1.29 is 4.79 Å². The standard InChI is InChI=1S/C15H23ClN4O/c1-10(2)14-17-9-12(16)13(18-14)15(21)20(4)11-5-7-19(3)8-6-11/h9-11H,5-8H2,1-4H3. The molecule has 116 valence electrons. The van der Waals surface area contributed by atoms with Crippen molar-refractivity contribution in [2.45, 2.75) is 38.6 Å². The van der Waals surface area contributed by atoms with Crippen molar-refractivity contribution in [1.82, 2.24) is 19.8 Å². The van der Waals surface area contributed by atoms with Crippen molar-refractivity contribution in [2.75, 3.05) is 27.2 Å². The molecule has 0 aliphatic carbocycles. The van der Waals surface area contributed by atoms with E-state index in [1.54, 1.807) is 4.90 Å². The summed E-state index contributed by atoms with van der Waals surface area (Å²) in [6, 6.07) is 0.252. The van der Waals surface area contributed by atoms with Gasteiger partial charge in [-0.05, 0) is 33.0 Å². The van der Waals surface area contributed by atoms with Crippen LogP contribution in [0.1, 0.15) is 48.9 Å². The molecule has 0 N–H and O–H groups in total. The highest BCUT2D eigenvalue weighted by Crippen LogP contribution is 2.21. The van der Waals surface area contributed by atoms with Crippen LogP contribution in [0, 0.1) is 0 Å². The van der Waals surface area contributed by atoms with E-state index >= 15 is 0 Å². The first-order chi connectivity index (χ1) is 9.90. The van der Waals surface area contributed by atoms with Crippen LogP contribution in [0.2, 0.25) is 5.02 Å². The quantitative estimate of drug-likeness (QED) is 0.860. The van der Waals surface area contributed by atoms with Gasteiger partial charge in [0, 0.05) is 19.0 Å². The number of hydrogen-bond donors (Lipinski definition) is 0. The average Bonchev–Trinajstić information content (AvgIpc) is 2.47. The maximum absolute atomic E-state index is 12.7. The van der Waals surface area contributed by atoms with Crippen LogP contribution in [0.25, 0.3) is 0 Å². The van der Waals surface area contributed by atoms with Gasteiger partial charge in [0.05, 0.1) is 11.2 Å². The van der Waals surface area contributed by atoms with E-state index in [-0.39, 0.29) is 17.9 Å². The topological polar surface area (TPSA) is 49.3 Å². The number of likely N-dealkylation sites (tertiary alicyclic amines) is 1. The van der Waals surface area contributed by atoms with Crippen LogP contribution in [-0.2, 0) is 0 Å². The Balaban J connectivity index is 2.17. The van der Waals surface area contributed by atoms with Gasteiger partial charge in [-0.3, -0.25) is 4.79 Å². The fourth-order valence-corrected chi connectivity index (χ4v) is 2.70. The molecular weight excluding hydrogens is 288 g/mol. The van der Waals surface area contributed by atoms with Gasteiger partial charge in [0.25, 0.3) is 5.91 Å². The van der Waals surface area contributed by atoms with Gasteiger partial charge < -0.3 is 9.80 Å². The molecule has 1 fully saturated rings. The first kappa shape index (κ1) is 16.2. The second-order valence-electron chi connectivity index (χ2n) is 6.03. The molecule has 21 heavy (non-hydrogen) atoms. The lowest BCUT2D eigenvalue weighted by atomic mass is 10.0. The van der Waals surface area contributed by atoms with Gasteiger partial charge >= 0.3 is 0 Å². The molecule has 2 rings (SSSR count). The molecule has 0 unspecified atom stereocenters. The van der Waals surface area contributed by atoms with E-state index in [2.05, 4.69) is 21.9 Å². The van der Waals surface area contributed by atoms with Gasteiger partial charge in [-0.1, -0.05) is 25.4 Å². The zero-order chi connectivity index (χ0) is 15.6. The van der Waals surface area contributed by atoms with Crippen LogP contribution in [-0.4, -0.2) is 58.9 Å². The zero-order valence-electron chi connectivity index (χ0n) is 13.1. The number of piperidine rings is 1. The number of aromatic nitrogens is 2. The predicted octanol–water partition coefficient (Wildman–Crippen LogP) is 2.42. The van der Waals surface area contributed by atoms with E-state index in [0.717, 1.165) is 25.9 Å². The van der Waals surface area contributed by atoms with E-state index in [9.17, 15) is 4.79 Å². The molecule has 2 heterocycles. The van der Waals surface area contributed by atoms with Crippen LogP contribution >= 0.6 is 11.6 Å². The van der Waals surface area contributed by atoms with Gasteiger partial charge in [0.1, 0.15) is 5.82 Å². The number of halogens is 1. The molecule has 0 aromatic carbocycles. The Bertz CT molecular complexity index is 512. The van der Waals surface area contributed by atoms with E-state index < -0.39 is 0 Å². The summed E-state index contributed by atoms with van der Waals surface area (Å²) < 4.78 is 0. The largest absolute Gasteiger partial charge is 0.337 e. The molecule has 1 amide bonds. The number of carbonyl (C=O) groups is 1. The Morgan fingerprint density at radius 1 is 1.43 bits per heavy atom. The SMILES string of the molecule is CC(C)c1ncc(Cl)c(C(=O)N(C)C2CCN(C)CC2)n1. The minimum absolute atomic E-state index is 0.112. The summed E-state index contributed by atoms with van der Waals surface area (Å²) in [5, 5.41) is 0.323. The van der Waals surface area contributed by atoms with Gasteiger partial charge in [-0.15, -0.1) is 0 Å². The highest BCUT2D eigenvalue weighted by Gasteiger charge is 2.27. The normalized spacial score (nSPS) is 17.2. The van der Waals surface area contributed by atoms with E-state index in [0.29, 0.717) is 16.5 Å². The highest BCUT2D eigenvalue weighted by atomic mass is 35.5. The molecular formula is C15H23ClN4O. The van der Waals surface area contributed by atoms with Gasteiger partial charge in [0.2, 0.25) is 0 Å². The summed E-state index contributed by atoms with van der Waals surface area (Å²) in [4.78, 5) is 25.3. The summed E-state index contributed by atoms with van der Waals surface area (Å²) in [6.07, 6.45) is 3.50. The maximum atomic E-state index is 12.7. The highest BCUT2D eigenvalue weighted by molar-refractivity contribution is 6.33. The Morgan fingerprint density at radius 3 is 2.62 bits per heavy atom. The fourth-order valence-electron chi connectivity index (χ4n) is 2.52. The molecule has 1 saturated heterocycles. The summed E-state index contributed by atoms with van der Waals surface area (Å²) in [5.74, 6) is 0.709. The monoisotopic (exact) mass is 310 g/mol. The number of rotatable bonds is 3. The van der Waals surface area contributed by atoms with Crippen molar-refractivity contribution in [3.8, 4) is 0 Å². The molecule has 0 saturated carbocycles. The number of amides is 1. The second kappa shape index (κ2) is 6.71. The number of hydrogen-bond acceptors (Lipinski definition) is 4. The number of carbonyl (C=O) groups excluding carboxylic acids is 1. The molecule has 6 heteroatoms. The summed E-state index contributed by atoms with van der Waals surface area (Å²) in [5.41, 5.74) is 0.316.